The normalized spacial score (nSPS) is 15.9. The van der Waals surface area contributed by atoms with Gasteiger partial charge >= 0.3 is 0 Å². The van der Waals surface area contributed by atoms with Gasteiger partial charge in [-0.3, -0.25) is 0 Å². The van der Waals surface area contributed by atoms with E-state index in [2.05, 4.69) is 26.1 Å². The molecule has 0 saturated heterocycles. The number of aryl methyl sites for hydroxylation is 2. The number of rotatable bonds is 9. The van der Waals surface area contributed by atoms with E-state index >= 15 is 0 Å². The van der Waals surface area contributed by atoms with Crippen molar-refractivity contribution in [2.45, 2.75) is 71.1 Å². The summed E-state index contributed by atoms with van der Waals surface area (Å²) in [5, 5.41) is 14.9. The number of aliphatic hydroxyl groups is 1. The second kappa shape index (κ2) is 10.9. The highest BCUT2D eigenvalue weighted by Crippen LogP contribution is 2.38. The van der Waals surface area contributed by atoms with Crippen LogP contribution in [0.5, 0.6) is 23.0 Å². The molecule has 1 fully saturated rings. The molecule has 2 atom stereocenters. The van der Waals surface area contributed by atoms with Gasteiger partial charge in [-0.05, 0) is 75.1 Å². The van der Waals surface area contributed by atoms with E-state index in [9.17, 15) is 5.11 Å². The quantitative estimate of drug-likeness (QED) is 0.365. The van der Waals surface area contributed by atoms with Crippen molar-refractivity contribution in [3.63, 3.8) is 0 Å². The Labute approximate surface area is 197 Å². The van der Waals surface area contributed by atoms with Crippen LogP contribution in [0.4, 0.5) is 0 Å². The molecule has 0 radical (unpaired) electrons. The standard InChI is InChI=1S/C29H35NO3/c1-4-26(30-23-7-5-6-8-23)29(31)22-13-18-27(32-24-14-9-20(2)10-15-24)28(19-22)33-25-16-11-21(3)12-17-25/h9-19,23,26,29-31H,4-8H2,1-3H3. The fourth-order valence-corrected chi connectivity index (χ4v) is 4.40. The maximum absolute atomic E-state index is 11.2. The molecule has 3 aromatic rings. The highest BCUT2D eigenvalue weighted by Gasteiger charge is 2.25. The van der Waals surface area contributed by atoms with Crippen LogP contribution in [-0.4, -0.2) is 17.2 Å². The SMILES string of the molecule is CCC(NC1CCCC1)C(O)c1ccc(Oc2ccc(C)cc2)c(Oc2ccc(C)cc2)c1. The van der Waals surface area contributed by atoms with Gasteiger partial charge in [-0.1, -0.05) is 61.2 Å². The van der Waals surface area contributed by atoms with Crippen molar-refractivity contribution in [1.82, 2.24) is 5.32 Å². The summed E-state index contributed by atoms with van der Waals surface area (Å²) < 4.78 is 12.4. The van der Waals surface area contributed by atoms with Crippen LogP contribution in [0, 0.1) is 13.8 Å². The van der Waals surface area contributed by atoms with E-state index < -0.39 is 6.10 Å². The molecule has 0 aliphatic heterocycles. The van der Waals surface area contributed by atoms with Gasteiger partial charge in [0.05, 0.1) is 6.10 Å². The lowest BCUT2D eigenvalue weighted by atomic mass is 9.98. The van der Waals surface area contributed by atoms with Gasteiger partial charge in [-0.2, -0.15) is 0 Å². The van der Waals surface area contributed by atoms with Crippen LogP contribution in [-0.2, 0) is 0 Å². The van der Waals surface area contributed by atoms with Crippen LogP contribution in [0.3, 0.4) is 0 Å². The Balaban J connectivity index is 1.60. The van der Waals surface area contributed by atoms with E-state index in [0.717, 1.165) is 23.5 Å². The highest BCUT2D eigenvalue weighted by atomic mass is 16.5. The molecule has 0 bridgehead atoms. The molecule has 2 N–H and O–H groups in total. The Morgan fingerprint density at radius 2 is 1.36 bits per heavy atom. The minimum atomic E-state index is -0.621. The van der Waals surface area contributed by atoms with Gasteiger partial charge in [0.1, 0.15) is 11.5 Å². The molecule has 0 spiro atoms. The first kappa shape index (κ1) is 23.3. The lowest BCUT2D eigenvalue weighted by Gasteiger charge is -2.27. The third-order valence-electron chi connectivity index (χ3n) is 6.43. The predicted octanol–water partition coefficient (Wildman–Crippen LogP) is 7.23. The number of hydrogen-bond donors (Lipinski definition) is 2. The monoisotopic (exact) mass is 445 g/mol. The van der Waals surface area contributed by atoms with Crippen molar-refractivity contribution in [1.29, 1.82) is 0 Å². The maximum Gasteiger partial charge on any atom is 0.170 e. The van der Waals surface area contributed by atoms with Crippen LogP contribution in [0.1, 0.15) is 61.8 Å². The van der Waals surface area contributed by atoms with Crippen LogP contribution in [0.2, 0.25) is 0 Å². The van der Waals surface area contributed by atoms with E-state index in [1.807, 2.05) is 66.7 Å². The summed E-state index contributed by atoms with van der Waals surface area (Å²) in [5.74, 6) is 2.69. The van der Waals surface area contributed by atoms with E-state index in [-0.39, 0.29) is 6.04 Å². The third kappa shape index (κ3) is 6.16. The van der Waals surface area contributed by atoms with Gasteiger partial charge in [0.15, 0.2) is 11.5 Å². The topological polar surface area (TPSA) is 50.7 Å². The second-order valence-electron chi connectivity index (χ2n) is 9.14. The predicted molar refractivity (Wildman–Crippen MR) is 133 cm³/mol. The van der Waals surface area contributed by atoms with E-state index in [4.69, 9.17) is 9.47 Å². The third-order valence-corrected chi connectivity index (χ3v) is 6.43. The molecular formula is C29H35NO3. The number of aliphatic hydroxyl groups excluding tert-OH is 1. The molecule has 0 heterocycles. The number of ether oxygens (including phenoxy) is 2. The molecule has 0 amide bonds. The molecule has 1 saturated carbocycles. The van der Waals surface area contributed by atoms with Crippen LogP contribution < -0.4 is 14.8 Å². The lowest BCUT2D eigenvalue weighted by Crippen LogP contribution is -2.40. The van der Waals surface area contributed by atoms with Crippen molar-refractivity contribution in [2.24, 2.45) is 0 Å². The highest BCUT2D eigenvalue weighted by molar-refractivity contribution is 5.48. The smallest absolute Gasteiger partial charge is 0.170 e. The zero-order valence-corrected chi connectivity index (χ0v) is 19.9. The summed E-state index contributed by atoms with van der Waals surface area (Å²) in [6, 6.07) is 22.1. The van der Waals surface area contributed by atoms with Crippen molar-refractivity contribution >= 4 is 0 Å². The Morgan fingerprint density at radius 3 is 1.91 bits per heavy atom. The summed E-state index contributed by atoms with van der Waals surface area (Å²) in [4.78, 5) is 0. The van der Waals surface area contributed by atoms with E-state index in [1.165, 1.54) is 36.8 Å². The molecule has 4 rings (SSSR count). The van der Waals surface area contributed by atoms with Gasteiger partial charge in [0.2, 0.25) is 0 Å². The summed E-state index contributed by atoms with van der Waals surface area (Å²) in [6.07, 6.45) is 5.15. The van der Waals surface area contributed by atoms with Gasteiger partial charge in [-0.25, -0.2) is 0 Å². The van der Waals surface area contributed by atoms with Gasteiger partial charge in [0, 0.05) is 12.1 Å². The summed E-state index contributed by atoms with van der Waals surface area (Å²) in [6.45, 7) is 6.22. The zero-order valence-electron chi connectivity index (χ0n) is 19.9. The molecule has 1 aliphatic carbocycles. The number of benzene rings is 3. The van der Waals surface area contributed by atoms with E-state index in [1.54, 1.807) is 0 Å². The fourth-order valence-electron chi connectivity index (χ4n) is 4.40. The van der Waals surface area contributed by atoms with Gasteiger partial charge in [0.25, 0.3) is 0 Å². The van der Waals surface area contributed by atoms with Crippen molar-refractivity contribution < 1.29 is 14.6 Å². The molecule has 33 heavy (non-hydrogen) atoms. The summed E-state index contributed by atoms with van der Waals surface area (Å²) in [5.41, 5.74) is 3.18. The van der Waals surface area contributed by atoms with Gasteiger partial charge < -0.3 is 19.9 Å². The maximum atomic E-state index is 11.2. The Bertz CT molecular complexity index is 1020. The second-order valence-corrected chi connectivity index (χ2v) is 9.14. The molecule has 4 nitrogen and oxygen atoms in total. The summed E-state index contributed by atoms with van der Waals surface area (Å²) in [7, 11) is 0. The van der Waals surface area contributed by atoms with Crippen molar-refractivity contribution in [2.75, 3.05) is 0 Å². The fraction of sp³-hybridized carbons (Fsp3) is 0.379. The molecule has 2 unspecified atom stereocenters. The molecule has 174 valence electrons. The molecule has 0 aromatic heterocycles. The Morgan fingerprint density at radius 1 is 0.818 bits per heavy atom. The van der Waals surface area contributed by atoms with Crippen molar-refractivity contribution in [3.8, 4) is 23.0 Å². The zero-order chi connectivity index (χ0) is 23.2. The van der Waals surface area contributed by atoms with Crippen molar-refractivity contribution in [3.05, 3.63) is 83.4 Å². The minimum Gasteiger partial charge on any atom is -0.453 e. The van der Waals surface area contributed by atoms with Crippen LogP contribution in [0.15, 0.2) is 66.7 Å². The Kier molecular flexibility index (Phi) is 7.69. The van der Waals surface area contributed by atoms with E-state index in [0.29, 0.717) is 17.5 Å². The first-order chi connectivity index (χ1) is 16.0. The molecule has 1 aliphatic rings. The number of hydrogen-bond acceptors (Lipinski definition) is 4. The molecule has 4 heteroatoms. The average molecular weight is 446 g/mol. The first-order valence-corrected chi connectivity index (χ1v) is 12.1. The number of nitrogens with one attached hydrogen (secondary N) is 1. The first-order valence-electron chi connectivity index (χ1n) is 12.1. The van der Waals surface area contributed by atoms with Crippen LogP contribution >= 0.6 is 0 Å². The molecular weight excluding hydrogens is 410 g/mol. The Hall–Kier alpha value is -2.82. The van der Waals surface area contributed by atoms with Gasteiger partial charge in [-0.15, -0.1) is 0 Å². The summed E-state index contributed by atoms with van der Waals surface area (Å²) >= 11 is 0. The molecule has 3 aromatic carbocycles. The minimum absolute atomic E-state index is 0.00388. The van der Waals surface area contributed by atoms with Crippen LogP contribution in [0.25, 0.3) is 0 Å². The largest absolute Gasteiger partial charge is 0.453 e. The average Bonchev–Trinajstić information content (AvgIpc) is 3.34. The lowest BCUT2D eigenvalue weighted by molar-refractivity contribution is 0.119.